The number of ether oxygens (including phenoxy) is 1. The van der Waals surface area contributed by atoms with Gasteiger partial charge in [0, 0.05) is 16.8 Å². The minimum Gasteiger partial charge on any atom is -0.489 e. The Balaban J connectivity index is 1.87. The summed E-state index contributed by atoms with van der Waals surface area (Å²) < 4.78 is 6.03. The summed E-state index contributed by atoms with van der Waals surface area (Å²) in [5.41, 5.74) is 1.88. The number of nitrogens with zero attached hydrogens (tertiary/aromatic N) is 2. The van der Waals surface area contributed by atoms with Crippen molar-refractivity contribution in [2.24, 2.45) is 0 Å². The zero-order chi connectivity index (χ0) is 21.0. The van der Waals surface area contributed by atoms with E-state index < -0.39 is 11.6 Å². The van der Waals surface area contributed by atoms with Crippen LogP contribution in [0.3, 0.4) is 0 Å². The van der Waals surface area contributed by atoms with E-state index in [9.17, 15) is 9.90 Å². The molecule has 152 valence electrons. The van der Waals surface area contributed by atoms with Crippen LogP contribution in [-0.2, 0) is 13.0 Å². The highest BCUT2D eigenvalue weighted by Crippen LogP contribution is 2.32. The number of aromatic amines is 1. The molecule has 1 heterocycles. The SMILES string of the molecule is Cc1cc(N(C(=O)O)C(C)(C)Cc2cc(Cl)ccc2OCc2ccccc2)n[nH]1. The molecule has 0 aliphatic rings. The minimum absolute atomic E-state index is 0.355. The van der Waals surface area contributed by atoms with Crippen LogP contribution in [0, 0.1) is 6.92 Å². The maximum absolute atomic E-state index is 12.0. The first-order chi connectivity index (χ1) is 13.8. The van der Waals surface area contributed by atoms with Gasteiger partial charge in [-0.15, -0.1) is 0 Å². The smallest absolute Gasteiger partial charge is 0.413 e. The highest BCUT2D eigenvalue weighted by molar-refractivity contribution is 6.30. The summed E-state index contributed by atoms with van der Waals surface area (Å²) >= 11 is 6.22. The minimum atomic E-state index is -1.07. The summed E-state index contributed by atoms with van der Waals surface area (Å²) in [7, 11) is 0. The number of hydrogen-bond acceptors (Lipinski definition) is 3. The third-order valence-electron chi connectivity index (χ3n) is 4.60. The molecule has 2 N–H and O–H groups in total. The normalized spacial score (nSPS) is 11.3. The van der Waals surface area contributed by atoms with Crippen molar-refractivity contribution in [1.29, 1.82) is 0 Å². The molecule has 0 saturated carbocycles. The fourth-order valence-corrected chi connectivity index (χ4v) is 3.49. The van der Waals surface area contributed by atoms with Gasteiger partial charge in [-0.05, 0) is 56.5 Å². The van der Waals surface area contributed by atoms with E-state index in [-0.39, 0.29) is 0 Å². The van der Waals surface area contributed by atoms with Crippen LogP contribution < -0.4 is 9.64 Å². The molecule has 2 aromatic carbocycles. The van der Waals surface area contributed by atoms with E-state index in [4.69, 9.17) is 16.3 Å². The molecule has 0 spiro atoms. The summed E-state index contributed by atoms with van der Waals surface area (Å²) in [5.74, 6) is 1.03. The van der Waals surface area contributed by atoms with Crippen molar-refractivity contribution < 1.29 is 14.6 Å². The quantitative estimate of drug-likeness (QED) is 0.539. The second-order valence-electron chi connectivity index (χ2n) is 7.54. The Morgan fingerprint density at radius 3 is 2.55 bits per heavy atom. The Morgan fingerprint density at radius 2 is 1.93 bits per heavy atom. The van der Waals surface area contributed by atoms with Gasteiger partial charge in [-0.3, -0.25) is 10.00 Å². The monoisotopic (exact) mass is 413 g/mol. The zero-order valence-corrected chi connectivity index (χ0v) is 17.4. The number of aromatic nitrogens is 2. The number of rotatable bonds is 7. The Morgan fingerprint density at radius 1 is 1.21 bits per heavy atom. The largest absolute Gasteiger partial charge is 0.489 e. The Bertz CT molecular complexity index is 986. The first-order valence-electron chi connectivity index (χ1n) is 9.26. The molecule has 0 aliphatic heterocycles. The zero-order valence-electron chi connectivity index (χ0n) is 16.6. The van der Waals surface area contributed by atoms with E-state index in [1.807, 2.05) is 63.2 Å². The van der Waals surface area contributed by atoms with E-state index >= 15 is 0 Å². The van der Waals surface area contributed by atoms with Crippen molar-refractivity contribution in [2.45, 2.75) is 39.3 Å². The molecule has 6 nitrogen and oxygen atoms in total. The molecular formula is C22H24ClN3O3. The molecule has 0 atom stereocenters. The highest BCUT2D eigenvalue weighted by Gasteiger charge is 2.35. The first kappa shape index (κ1) is 20.7. The second kappa shape index (κ2) is 8.57. The molecule has 1 amide bonds. The van der Waals surface area contributed by atoms with Gasteiger partial charge in [0.1, 0.15) is 12.4 Å². The van der Waals surface area contributed by atoms with E-state index in [1.165, 1.54) is 4.90 Å². The van der Waals surface area contributed by atoms with Crippen molar-refractivity contribution in [3.05, 3.63) is 76.4 Å². The summed E-state index contributed by atoms with van der Waals surface area (Å²) in [6.07, 6.45) is -0.675. The van der Waals surface area contributed by atoms with Gasteiger partial charge >= 0.3 is 6.09 Å². The molecular weight excluding hydrogens is 390 g/mol. The van der Waals surface area contributed by atoms with Crippen molar-refractivity contribution in [3.63, 3.8) is 0 Å². The molecule has 0 radical (unpaired) electrons. The fourth-order valence-electron chi connectivity index (χ4n) is 3.29. The number of benzene rings is 2. The van der Waals surface area contributed by atoms with Gasteiger partial charge in [0.25, 0.3) is 0 Å². The lowest BCUT2D eigenvalue weighted by Gasteiger charge is -2.35. The van der Waals surface area contributed by atoms with Crippen molar-refractivity contribution >= 4 is 23.5 Å². The molecule has 0 saturated heterocycles. The van der Waals surface area contributed by atoms with E-state index in [2.05, 4.69) is 10.2 Å². The predicted molar refractivity (Wildman–Crippen MR) is 114 cm³/mol. The van der Waals surface area contributed by atoms with Crippen molar-refractivity contribution in [2.75, 3.05) is 4.90 Å². The lowest BCUT2D eigenvalue weighted by Crippen LogP contribution is -2.49. The maximum atomic E-state index is 12.0. The van der Waals surface area contributed by atoms with Gasteiger partial charge < -0.3 is 9.84 Å². The Labute approximate surface area is 175 Å². The van der Waals surface area contributed by atoms with Gasteiger partial charge in [-0.2, -0.15) is 5.10 Å². The maximum Gasteiger partial charge on any atom is 0.413 e. The van der Waals surface area contributed by atoms with E-state index in [0.29, 0.717) is 29.6 Å². The highest BCUT2D eigenvalue weighted by atomic mass is 35.5. The van der Waals surface area contributed by atoms with Crippen LogP contribution in [0.15, 0.2) is 54.6 Å². The lowest BCUT2D eigenvalue weighted by molar-refractivity contribution is 0.193. The van der Waals surface area contributed by atoms with Crippen LogP contribution in [0.5, 0.6) is 5.75 Å². The number of nitrogens with one attached hydrogen (secondary N) is 1. The van der Waals surface area contributed by atoms with Crippen LogP contribution in [0.1, 0.15) is 30.7 Å². The molecule has 0 fully saturated rings. The van der Waals surface area contributed by atoms with Crippen LogP contribution in [-0.4, -0.2) is 26.9 Å². The molecule has 7 heteroatoms. The number of halogens is 1. The summed E-state index contributed by atoms with van der Waals surface area (Å²) in [6, 6.07) is 17.0. The number of aryl methyl sites for hydroxylation is 1. The molecule has 1 aromatic heterocycles. The summed E-state index contributed by atoms with van der Waals surface area (Å²) in [4.78, 5) is 13.3. The lowest BCUT2D eigenvalue weighted by atomic mass is 9.92. The molecule has 0 aliphatic carbocycles. The number of anilines is 1. The van der Waals surface area contributed by atoms with Crippen LogP contribution in [0.4, 0.5) is 10.6 Å². The van der Waals surface area contributed by atoms with Gasteiger partial charge in [0.05, 0.1) is 5.54 Å². The average molecular weight is 414 g/mol. The number of H-pyrrole nitrogens is 1. The van der Waals surface area contributed by atoms with Gasteiger partial charge in [-0.25, -0.2) is 4.79 Å². The molecule has 3 aromatic rings. The third kappa shape index (κ3) is 5.09. The summed E-state index contributed by atoms with van der Waals surface area (Å²) in [5, 5.41) is 17.3. The Kier molecular flexibility index (Phi) is 6.13. The van der Waals surface area contributed by atoms with E-state index in [0.717, 1.165) is 16.8 Å². The molecule has 3 rings (SSSR count). The van der Waals surface area contributed by atoms with Crippen LogP contribution in [0.25, 0.3) is 0 Å². The summed E-state index contributed by atoms with van der Waals surface area (Å²) in [6.45, 7) is 5.95. The Hall–Kier alpha value is -2.99. The standard InChI is InChI=1S/C22H24ClN3O3/c1-15-11-20(25-24-15)26(21(27)28)22(2,3)13-17-12-18(23)9-10-19(17)29-14-16-7-5-4-6-8-16/h4-12H,13-14H2,1-3H3,(H,24,25)(H,27,28). The van der Waals surface area contributed by atoms with Gasteiger partial charge in [0.2, 0.25) is 0 Å². The predicted octanol–water partition coefficient (Wildman–Crippen LogP) is 5.46. The second-order valence-corrected chi connectivity index (χ2v) is 7.98. The fraction of sp³-hybridized carbons (Fsp3) is 0.273. The number of carboxylic acid groups (broad SMARTS) is 1. The third-order valence-corrected chi connectivity index (χ3v) is 4.84. The van der Waals surface area contributed by atoms with E-state index in [1.54, 1.807) is 12.1 Å². The van der Waals surface area contributed by atoms with Crippen molar-refractivity contribution in [1.82, 2.24) is 10.2 Å². The van der Waals surface area contributed by atoms with Crippen LogP contribution in [0.2, 0.25) is 5.02 Å². The number of carbonyl (C=O) groups is 1. The first-order valence-corrected chi connectivity index (χ1v) is 9.64. The van der Waals surface area contributed by atoms with Gasteiger partial charge in [-0.1, -0.05) is 41.9 Å². The molecule has 0 bridgehead atoms. The van der Waals surface area contributed by atoms with Crippen molar-refractivity contribution in [3.8, 4) is 5.75 Å². The van der Waals surface area contributed by atoms with Gasteiger partial charge in [0.15, 0.2) is 5.82 Å². The molecule has 29 heavy (non-hydrogen) atoms. The van der Waals surface area contributed by atoms with Crippen LogP contribution >= 0.6 is 11.6 Å². The average Bonchev–Trinajstić information content (AvgIpc) is 3.06. The number of amides is 1. The molecule has 0 unspecified atom stereocenters. The topological polar surface area (TPSA) is 78.5 Å². The number of hydrogen-bond donors (Lipinski definition) is 2.